The fourth-order valence-electron chi connectivity index (χ4n) is 4.59. The summed E-state index contributed by atoms with van der Waals surface area (Å²) in [5.41, 5.74) is 2.68. The van der Waals surface area contributed by atoms with Gasteiger partial charge in [-0.25, -0.2) is 0 Å². The lowest BCUT2D eigenvalue weighted by Crippen LogP contribution is -2.53. The Labute approximate surface area is 179 Å². The van der Waals surface area contributed by atoms with Crippen molar-refractivity contribution in [2.75, 3.05) is 0 Å². The molecule has 2 aromatic carbocycles. The Morgan fingerprint density at radius 3 is 2.61 bits per heavy atom. The van der Waals surface area contributed by atoms with Gasteiger partial charge in [-0.1, -0.05) is 30.3 Å². The monoisotopic (exact) mass is 416 g/mol. The van der Waals surface area contributed by atoms with E-state index >= 15 is 0 Å². The quantitative estimate of drug-likeness (QED) is 0.343. The van der Waals surface area contributed by atoms with Crippen LogP contribution in [0.4, 0.5) is 5.69 Å². The number of fused-ring (bicyclic) bond motifs is 1. The van der Waals surface area contributed by atoms with Gasteiger partial charge in [-0.2, -0.15) is 10.8 Å². The molecule has 3 N–H and O–H groups in total. The van der Waals surface area contributed by atoms with Crippen molar-refractivity contribution >= 4 is 17.7 Å². The fraction of sp³-hybridized carbons (Fsp3) is 0.217. The lowest BCUT2D eigenvalue weighted by atomic mass is 9.70. The molecule has 2 aliphatic heterocycles. The Morgan fingerprint density at radius 2 is 1.94 bits per heavy atom. The molecule has 156 valence electrons. The zero-order valence-electron chi connectivity index (χ0n) is 17.0. The smallest absolute Gasteiger partial charge is 0.278 e. The van der Waals surface area contributed by atoms with E-state index in [1.54, 1.807) is 31.6 Å². The number of nitro groups is 1. The largest absolute Gasteiger partial charge is 0.390 e. The van der Waals surface area contributed by atoms with Crippen LogP contribution in [0.15, 0.2) is 82.3 Å². The molecule has 0 amide bonds. The first-order valence-electron chi connectivity index (χ1n) is 10.1. The van der Waals surface area contributed by atoms with E-state index in [1.807, 2.05) is 36.4 Å². The molecule has 3 aliphatic rings. The highest BCUT2D eigenvalue weighted by molar-refractivity contribution is 6.01. The molecule has 8 heteroatoms. The highest BCUT2D eigenvalue weighted by Crippen LogP contribution is 2.47. The van der Waals surface area contributed by atoms with Gasteiger partial charge in [-0.15, -0.1) is 4.59 Å². The second-order valence-corrected chi connectivity index (χ2v) is 8.52. The molecule has 0 saturated heterocycles. The highest BCUT2D eigenvalue weighted by atomic mass is 16.6. The Hall–Kier alpha value is -3.46. The van der Waals surface area contributed by atoms with E-state index in [2.05, 4.69) is 4.99 Å². The van der Waals surface area contributed by atoms with E-state index in [0.29, 0.717) is 29.8 Å². The molecule has 1 atom stereocenters. The van der Waals surface area contributed by atoms with E-state index in [9.17, 15) is 15.2 Å². The molecule has 0 aromatic heterocycles. The van der Waals surface area contributed by atoms with Crippen molar-refractivity contribution in [1.82, 2.24) is 0 Å². The number of quaternary nitrogens is 1. The molecule has 1 fully saturated rings. The summed E-state index contributed by atoms with van der Waals surface area (Å²) < 4.78 is -0.195. The van der Waals surface area contributed by atoms with Crippen LogP contribution >= 0.6 is 0 Å². The lowest BCUT2D eigenvalue weighted by Gasteiger charge is -2.40. The minimum atomic E-state index is -0.710. The van der Waals surface area contributed by atoms with E-state index in [4.69, 9.17) is 10.8 Å². The molecule has 8 nitrogen and oxygen atoms in total. The van der Waals surface area contributed by atoms with Crippen molar-refractivity contribution in [3.63, 3.8) is 0 Å². The third-order valence-electron chi connectivity index (χ3n) is 6.12. The van der Waals surface area contributed by atoms with Crippen LogP contribution in [0.3, 0.4) is 0 Å². The van der Waals surface area contributed by atoms with E-state index in [-0.39, 0.29) is 21.1 Å². The minimum absolute atomic E-state index is 0.00534. The van der Waals surface area contributed by atoms with Gasteiger partial charge in [0, 0.05) is 12.0 Å². The third kappa shape index (κ3) is 3.12. The number of nitrogens with zero attached hydrogens (tertiary/aromatic N) is 4. The predicted molar refractivity (Wildman–Crippen MR) is 118 cm³/mol. The Morgan fingerprint density at radius 1 is 1.19 bits per heavy atom. The van der Waals surface area contributed by atoms with Crippen molar-refractivity contribution in [2.45, 2.75) is 25.4 Å². The van der Waals surface area contributed by atoms with Crippen LogP contribution < -0.4 is 5.84 Å². The van der Waals surface area contributed by atoms with Crippen LogP contribution in [0.25, 0.3) is 11.1 Å². The minimum Gasteiger partial charge on any atom is -0.390 e. The molecule has 5 rings (SSSR count). The summed E-state index contributed by atoms with van der Waals surface area (Å²) in [4.78, 5) is 20.5. The van der Waals surface area contributed by atoms with Crippen molar-refractivity contribution in [3.05, 3.63) is 88.0 Å². The van der Waals surface area contributed by atoms with E-state index in [0.717, 1.165) is 17.0 Å². The van der Waals surface area contributed by atoms with Crippen molar-refractivity contribution in [3.8, 4) is 11.1 Å². The summed E-state index contributed by atoms with van der Waals surface area (Å²) in [5.74, 6) is 7.30. The molecule has 1 unspecified atom stereocenters. The van der Waals surface area contributed by atoms with Gasteiger partial charge in [0.2, 0.25) is 5.70 Å². The van der Waals surface area contributed by atoms with Crippen molar-refractivity contribution < 1.29 is 14.6 Å². The first kappa shape index (κ1) is 19.5. The Kier molecular flexibility index (Phi) is 4.26. The summed E-state index contributed by atoms with van der Waals surface area (Å²) >= 11 is 0. The van der Waals surface area contributed by atoms with Gasteiger partial charge < -0.3 is 5.11 Å². The van der Waals surface area contributed by atoms with Crippen LogP contribution in [0.2, 0.25) is 0 Å². The zero-order valence-corrected chi connectivity index (χ0v) is 17.0. The van der Waals surface area contributed by atoms with Crippen molar-refractivity contribution in [2.24, 2.45) is 21.7 Å². The summed E-state index contributed by atoms with van der Waals surface area (Å²) in [6.07, 6.45) is 6.19. The predicted octanol–water partition coefficient (Wildman–Crippen LogP) is 3.64. The highest BCUT2D eigenvalue weighted by Gasteiger charge is 2.50. The summed E-state index contributed by atoms with van der Waals surface area (Å²) in [6.45, 7) is 1.80. The van der Waals surface area contributed by atoms with Gasteiger partial charge in [-0.3, -0.25) is 15.1 Å². The Balaban J connectivity index is 1.60. The number of benzene rings is 2. The topological polar surface area (TPSA) is 114 Å². The molecular weight excluding hydrogens is 394 g/mol. The molecule has 2 aromatic rings. The number of aliphatic hydroxyl groups is 1. The number of rotatable bonds is 4. The van der Waals surface area contributed by atoms with Crippen LogP contribution in [-0.4, -0.2) is 32.3 Å². The van der Waals surface area contributed by atoms with Gasteiger partial charge in [0.05, 0.1) is 34.1 Å². The molecule has 0 bridgehead atoms. The van der Waals surface area contributed by atoms with Gasteiger partial charge in [0.15, 0.2) is 0 Å². The molecule has 1 aliphatic carbocycles. The number of aliphatic imine (C=N–C) groups is 2. The summed E-state index contributed by atoms with van der Waals surface area (Å²) in [7, 11) is 0. The van der Waals surface area contributed by atoms with E-state index < -0.39 is 5.60 Å². The van der Waals surface area contributed by atoms with Crippen LogP contribution in [0.5, 0.6) is 0 Å². The SMILES string of the molecule is CC1(O)CC(C2=C3C=NC=C[N+]3(N)C(c3ccc(-c4ccccc4)c([N+](=O)[O-])c3)=N2)C1. The van der Waals surface area contributed by atoms with Gasteiger partial charge in [0.25, 0.3) is 11.5 Å². The van der Waals surface area contributed by atoms with Crippen molar-refractivity contribution in [1.29, 1.82) is 0 Å². The molecule has 0 radical (unpaired) electrons. The number of allylic oxidation sites excluding steroid dienone is 2. The zero-order chi connectivity index (χ0) is 21.8. The number of nitro benzene ring substituents is 1. The second-order valence-electron chi connectivity index (χ2n) is 8.52. The van der Waals surface area contributed by atoms with Gasteiger partial charge in [-0.05, 0) is 37.5 Å². The second kappa shape index (κ2) is 6.78. The normalized spacial score (nSPS) is 28.9. The maximum atomic E-state index is 11.9. The molecule has 2 heterocycles. The van der Waals surface area contributed by atoms with Crippen LogP contribution in [0, 0.1) is 16.0 Å². The van der Waals surface area contributed by atoms with Crippen LogP contribution in [0.1, 0.15) is 25.3 Å². The van der Waals surface area contributed by atoms with E-state index in [1.165, 1.54) is 6.07 Å². The van der Waals surface area contributed by atoms with Gasteiger partial charge in [0.1, 0.15) is 11.9 Å². The molecule has 0 spiro atoms. The average molecular weight is 416 g/mol. The first-order chi connectivity index (χ1) is 14.8. The lowest BCUT2D eigenvalue weighted by molar-refractivity contribution is -0.750. The maximum absolute atomic E-state index is 11.9. The van der Waals surface area contributed by atoms with Gasteiger partial charge >= 0.3 is 0 Å². The molecule has 1 saturated carbocycles. The summed E-state index contributed by atoms with van der Waals surface area (Å²) in [6, 6.07) is 14.3. The number of hydrogen-bond donors (Lipinski definition) is 2. The average Bonchev–Trinajstić information content (AvgIpc) is 3.05. The molecule has 31 heavy (non-hydrogen) atoms. The first-order valence-corrected chi connectivity index (χ1v) is 10.1. The fourth-order valence-corrected chi connectivity index (χ4v) is 4.59. The number of hydrogen-bond acceptors (Lipinski definition) is 6. The molecular formula is C23H22N5O3+. The van der Waals surface area contributed by atoms with Crippen LogP contribution in [-0.2, 0) is 0 Å². The standard InChI is InChI=1S/C23H22N5O3/c1-23(29)12-17(13-23)21-20-14-25-9-10-28(20,24)22(26-21)16-7-8-18(19(11-16)27(30)31)15-5-3-2-4-6-15/h2-11,14,17,29H,12-13,24H2,1H3/q+1. The number of nitrogens with two attached hydrogens (primary N) is 1. The Bertz CT molecular complexity index is 1200. The third-order valence-corrected chi connectivity index (χ3v) is 6.12. The number of amidine groups is 1. The summed E-state index contributed by atoms with van der Waals surface area (Å²) in [5, 5.41) is 22.1. The maximum Gasteiger partial charge on any atom is 0.278 e.